The topological polar surface area (TPSA) is 29.1 Å². The molecule has 1 aromatic rings. The Morgan fingerprint density at radius 2 is 2.17 bits per heavy atom. The van der Waals surface area contributed by atoms with Gasteiger partial charge in [0.05, 0.1) is 5.69 Å². The first-order valence-electron chi connectivity index (χ1n) is 3.49. The summed E-state index contributed by atoms with van der Waals surface area (Å²) < 4.78 is 0.906. The van der Waals surface area contributed by atoms with Crippen LogP contribution in [0.2, 0.25) is 0 Å². The van der Waals surface area contributed by atoms with Crippen LogP contribution in [-0.2, 0) is 4.79 Å². The molecule has 1 N–H and O–H groups in total. The van der Waals surface area contributed by atoms with Crippen molar-refractivity contribution in [1.29, 1.82) is 0 Å². The Morgan fingerprint density at radius 3 is 2.83 bits per heavy atom. The van der Waals surface area contributed by atoms with Crippen LogP contribution in [0.4, 0.5) is 5.69 Å². The van der Waals surface area contributed by atoms with Gasteiger partial charge in [-0.3, -0.25) is 4.79 Å². The molecule has 0 spiro atoms. The Kier molecular flexibility index (Phi) is 1.54. The summed E-state index contributed by atoms with van der Waals surface area (Å²) in [5.41, 5.74) is 2.24. The minimum atomic E-state index is -0.114. The lowest BCUT2D eigenvalue weighted by Crippen LogP contribution is -2.02. The van der Waals surface area contributed by atoms with Gasteiger partial charge >= 0.3 is 0 Å². The lowest BCUT2D eigenvalue weighted by atomic mass is 10.1. The van der Waals surface area contributed by atoms with Crippen LogP contribution in [0.1, 0.15) is 5.56 Å². The quantitative estimate of drug-likeness (QED) is 0.673. The van der Waals surface area contributed by atoms with Gasteiger partial charge in [-0.05, 0) is 12.1 Å². The van der Waals surface area contributed by atoms with Crippen molar-refractivity contribution in [2.24, 2.45) is 0 Å². The van der Waals surface area contributed by atoms with Crippen LogP contribution >= 0.6 is 15.9 Å². The molecule has 0 saturated heterocycles. The number of rotatable bonds is 0. The zero-order chi connectivity index (χ0) is 8.72. The van der Waals surface area contributed by atoms with Crippen molar-refractivity contribution in [2.45, 2.75) is 0 Å². The first-order chi connectivity index (χ1) is 5.70. The van der Waals surface area contributed by atoms with Gasteiger partial charge in [-0.15, -0.1) is 0 Å². The molecule has 1 heterocycles. The lowest BCUT2D eigenvalue weighted by molar-refractivity contribution is -0.110. The summed E-state index contributed by atoms with van der Waals surface area (Å²) in [4.78, 5) is 11.2. The highest BCUT2D eigenvalue weighted by Crippen LogP contribution is 2.35. The fourth-order valence-electron chi connectivity index (χ4n) is 1.25. The molecule has 0 aliphatic carbocycles. The van der Waals surface area contributed by atoms with Gasteiger partial charge in [0.15, 0.2) is 0 Å². The van der Waals surface area contributed by atoms with Gasteiger partial charge in [0, 0.05) is 15.6 Å². The smallest absolute Gasteiger partial charge is 0.255 e. The van der Waals surface area contributed by atoms with Gasteiger partial charge in [-0.25, -0.2) is 0 Å². The van der Waals surface area contributed by atoms with Crippen LogP contribution in [0.3, 0.4) is 0 Å². The summed E-state index contributed by atoms with van der Waals surface area (Å²) in [5.74, 6) is -0.114. The highest BCUT2D eigenvalue weighted by Gasteiger charge is 2.23. The lowest BCUT2D eigenvalue weighted by Gasteiger charge is -1.98. The van der Waals surface area contributed by atoms with E-state index in [0.717, 1.165) is 15.7 Å². The third-order valence-electron chi connectivity index (χ3n) is 1.84. The minimum Gasteiger partial charge on any atom is -0.321 e. The molecule has 60 valence electrons. The van der Waals surface area contributed by atoms with Crippen molar-refractivity contribution < 1.29 is 4.79 Å². The minimum absolute atomic E-state index is 0.114. The van der Waals surface area contributed by atoms with E-state index in [1.54, 1.807) is 0 Å². The van der Waals surface area contributed by atoms with Gasteiger partial charge in [-0.2, -0.15) is 0 Å². The molecule has 0 atom stereocenters. The molecule has 0 aromatic heterocycles. The summed E-state index contributed by atoms with van der Waals surface area (Å²) in [6.45, 7) is 3.70. The van der Waals surface area contributed by atoms with E-state index in [9.17, 15) is 4.79 Å². The molecule has 1 aliphatic heterocycles. The molecule has 0 unspecified atom stereocenters. The molecule has 1 amide bonds. The number of benzene rings is 1. The Morgan fingerprint density at radius 1 is 1.42 bits per heavy atom. The fraction of sp³-hybridized carbons (Fsp3) is 0. The molecule has 0 saturated carbocycles. The van der Waals surface area contributed by atoms with Gasteiger partial charge in [0.1, 0.15) is 0 Å². The molecule has 12 heavy (non-hydrogen) atoms. The molecule has 0 fully saturated rings. The predicted molar refractivity (Wildman–Crippen MR) is 51.8 cm³/mol. The Balaban J connectivity index is 2.70. The average molecular weight is 224 g/mol. The van der Waals surface area contributed by atoms with E-state index in [2.05, 4.69) is 27.8 Å². The summed E-state index contributed by atoms with van der Waals surface area (Å²) in [6, 6.07) is 5.63. The van der Waals surface area contributed by atoms with Crippen molar-refractivity contribution in [3.8, 4) is 0 Å². The van der Waals surface area contributed by atoms with Gasteiger partial charge in [0.25, 0.3) is 5.91 Å². The van der Waals surface area contributed by atoms with Crippen LogP contribution in [0.15, 0.2) is 29.3 Å². The second kappa shape index (κ2) is 2.45. The van der Waals surface area contributed by atoms with E-state index in [0.29, 0.717) is 5.57 Å². The Labute approximate surface area is 78.4 Å². The monoisotopic (exact) mass is 223 g/mol. The van der Waals surface area contributed by atoms with E-state index in [-0.39, 0.29) is 5.91 Å². The van der Waals surface area contributed by atoms with Crippen LogP contribution in [-0.4, -0.2) is 5.91 Å². The zero-order valence-corrected chi connectivity index (χ0v) is 7.81. The molecule has 0 radical (unpaired) electrons. The second-order valence-corrected chi connectivity index (χ2v) is 3.45. The second-order valence-electron chi connectivity index (χ2n) is 2.60. The van der Waals surface area contributed by atoms with Crippen LogP contribution in [0, 0.1) is 0 Å². The van der Waals surface area contributed by atoms with Crippen molar-refractivity contribution >= 4 is 33.1 Å². The highest BCUT2D eigenvalue weighted by atomic mass is 79.9. The molecule has 2 rings (SSSR count). The molecule has 0 bridgehead atoms. The predicted octanol–water partition coefficient (Wildman–Crippen LogP) is 2.41. The zero-order valence-electron chi connectivity index (χ0n) is 6.23. The Hall–Kier alpha value is -1.09. The first kappa shape index (κ1) is 7.55. The Bertz CT molecular complexity index is 384. The van der Waals surface area contributed by atoms with Gasteiger partial charge < -0.3 is 5.32 Å². The third kappa shape index (κ3) is 0.898. The standard InChI is InChI=1S/C9H6BrNO/c1-5-8-6(10)3-2-4-7(8)11-9(5)12/h2-4H,1H2,(H,11,12). The third-order valence-corrected chi connectivity index (χ3v) is 2.50. The number of hydrogen-bond donors (Lipinski definition) is 1. The molecule has 2 nitrogen and oxygen atoms in total. The van der Waals surface area contributed by atoms with E-state index in [1.165, 1.54) is 0 Å². The molecule has 1 aromatic carbocycles. The maximum atomic E-state index is 11.2. The van der Waals surface area contributed by atoms with E-state index >= 15 is 0 Å². The number of hydrogen-bond acceptors (Lipinski definition) is 1. The van der Waals surface area contributed by atoms with Crippen molar-refractivity contribution in [1.82, 2.24) is 0 Å². The molecule has 3 heteroatoms. The summed E-state index contributed by atoms with van der Waals surface area (Å²) in [6.07, 6.45) is 0. The maximum absolute atomic E-state index is 11.2. The number of nitrogens with one attached hydrogen (secondary N) is 1. The van der Waals surface area contributed by atoms with Crippen molar-refractivity contribution in [2.75, 3.05) is 5.32 Å². The normalized spacial score (nSPS) is 14.4. The van der Waals surface area contributed by atoms with Crippen LogP contribution in [0.5, 0.6) is 0 Å². The van der Waals surface area contributed by atoms with Gasteiger partial charge in [-0.1, -0.05) is 28.6 Å². The summed E-state index contributed by atoms with van der Waals surface area (Å²) in [7, 11) is 0. The highest BCUT2D eigenvalue weighted by molar-refractivity contribution is 9.10. The number of amides is 1. The molecule has 1 aliphatic rings. The summed E-state index contributed by atoms with van der Waals surface area (Å²) >= 11 is 3.36. The molecular weight excluding hydrogens is 218 g/mol. The van der Waals surface area contributed by atoms with Crippen molar-refractivity contribution in [3.05, 3.63) is 34.8 Å². The van der Waals surface area contributed by atoms with Crippen molar-refractivity contribution in [3.63, 3.8) is 0 Å². The maximum Gasteiger partial charge on any atom is 0.255 e. The van der Waals surface area contributed by atoms with E-state index in [1.807, 2.05) is 18.2 Å². The van der Waals surface area contributed by atoms with Crippen LogP contribution < -0.4 is 5.32 Å². The first-order valence-corrected chi connectivity index (χ1v) is 4.28. The average Bonchev–Trinajstić information content (AvgIpc) is 2.29. The van der Waals surface area contributed by atoms with E-state index < -0.39 is 0 Å². The van der Waals surface area contributed by atoms with Gasteiger partial charge in [0.2, 0.25) is 0 Å². The largest absolute Gasteiger partial charge is 0.321 e. The summed E-state index contributed by atoms with van der Waals surface area (Å²) in [5, 5.41) is 2.72. The molecular formula is C9H6BrNO. The van der Waals surface area contributed by atoms with Crippen LogP contribution in [0.25, 0.3) is 5.57 Å². The number of anilines is 1. The van der Waals surface area contributed by atoms with E-state index in [4.69, 9.17) is 0 Å². The number of fused-ring (bicyclic) bond motifs is 1. The SMILES string of the molecule is C=C1C(=O)Nc2cccc(Br)c21. The number of halogens is 1. The number of carbonyl (C=O) groups is 1. The fourth-order valence-corrected chi connectivity index (χ4v) is 1.85. The number of carbonyl (C=O) groups excluding carboxylic acids is 1.